The van der Waals surface area contributed by atoms with Crippen LogP contribution >= 0.6 is 34.5 Å². The number of halogens is 2. The van der Waals surface area contributed by atoms with E-state index in [9.17, 15) is 0 Å². The van der Waals surface area contributed by atoms with Crippen molar-refractivity contribution in [2.24, 2.45) is 0 Å². The van der Waals surface area contributed by atoms with Crippen molar-refractivity contribution in [1.82, 2.24) is 15.0 Å². The highest BCUT2D eigenvalue weighted by Gasteiger charge is 2.07. The van der Waals surface area contributed by atoms with Gasteiger partial charge in [0.2, 0.25) is 0 Å². The summed E-state index contributed by atoms with van der Waals surface area (Å²) in [6, 6.07) is 1.69. The Morgan fingerprint density at radius 1 is 1.29 bits per heavy atom. The molecule has 2 aromatic rings. The van der Waals surface area contributed by atoms with E-state index in [4.69, 9.17) is 23.2 Å². The van der Waals surface area contributed by atoms with E-state index < -0.39 is 0 Å². The van der Waals surface area contributed by atoms with Gasteiger partial charge in [0, 0.05) is 5.69 Å². The van der Waals surface area contributed by atoms with E-state index in [1.54, 1.807) is 12.3 Å². The van der Waals surface area contributed by atoms with Gasteiger partial charge in [0.15, 0.2) is 10.8 Å². The zero-order valence-corrected chi connectivity index (χ0v) is 9.49. The minimum atomic E-state index is 0.416. The van der Waals surface area contributed by atoms with Crippen molar-refractivity contribution in [3.63, 3.8) is 0 Å². The third-order valence-electron chi connectivity index (χ3n) is 1.49. The van der Waals surface area contributed by atoms with Crippen LogP contribution in [0.4, 0.5) is 0 Å². The van der Waals surface area contributed by atoms with Gasteiger partial charge in [-0.25, -0.2) is 15.0 Å². The predicted molar refractivity (Wildman–Crippen MR) is 57.9 cm³/mol. The first-order valence-electron chi connectivity index (χ1n) is 3.78. The number of aryl methyl sites for hydroxylation is 1. The van der Waals surface area contributed by atoms with Crippen molar-refractivity contribution < 1.29 is 0 Å². The lowest BCUT2D eigenvalue weighted by molar-refractivity contribution is 1.10. The van der Waals surface area contributed by atoms with E-state index in [0.29, 0.717) is 20.3 Å². The molecule has 0 aromatic carbocycles. The summed E-state index contributed by atoms with van der Waals surface area (Å²) >= 11 is 12.9. The Hall–Kier alpha value is -0.710. The Morgan fingerprint density at radius 3 is 2.64 bits per heavy atom. The van der Waals surface area contributed by atoms with Gasteiger partial charge in [-0.15, -0.1) is 0 Å². The fraction of sp³-hybridized carbons (Fsp3) is 0.125. The summed E-state index contributed by atoms with van der Waals surface area (Å²) in [6.45, 7) is 1.85. The fourth-order valence-corrected chi connectivity index (χ4v) is 2.07. The molecule has 0 saturated heterocycles. The highest BCUT2D eigenvalue weighted by Crippen LogP contribution is 2.26. The van der Waals surface area contributed by atoms with Crippen LogP contribution in [0.25, 0.3) is 10.8 Å². The predicted octanol–water partition coefficient (Wildman–Crippen LogP) is 3.22. The minimum Gasteiger partial charge on any atom is -0.240 e. The lowest BCUT2D eigenvalue weighted by atomic mass is 10.4. The monoisotopic (exact) mass is 245 g/mol. The average molecular weight is 246 g/mol. The molecule has 2 aromatic heterocycles. The van der Waals surface area contributed by atoms with Gasteiger partial charge in [-0.1, -0.05) is 34.5 Å². The second-order valence-corrected chi connectivity index (χ2v) is 4.67. The topological polar surface area (TPSA) is 38.7 Å². The first-order valence-corrected chi connectivity index (χ1v) is 5.35. The van der Waals surface area contributed by atoms with Gasteiger partial charge in [-0.2, -0.15) is 0 Å². The average Bonchev–Trinajstić information content (AvgIpc) is 2.50. The Morgan fingerprint density at radius 2 is 2.07 bits per heavy atom. The molecule has 0 atom stereocenters. The van der Waals surface area contributed by atoms with Crippen LogP contribution in [0.5, 0.6) is 0 Å². The summed E-state index contributed by atoms with van der Waals surface area (Å²) in [5, 5.41) is 1.10. The number of aromatic nitrogens is 3. The third-order valence-corrected chi connectivity index (χ3v) is 2.80. The molecule has 0 bridgehead atoms. The summed E-state index contributed by atoms with van der Waals surface area (Å²) in [6.07, 6.45) is 1.57. The molecule has 0 unspecified atom stereocenters. The Kier molecular flexibility index (Phi) is 2.67. The van der Waals surface area contributed by atoms with Crippen LogP contribution < -0.4 is 0 Å². The first kappa shape index (κ1) is 9.83. The summed E-state index contributed by atoms with van der Waals surface area (Å²) in [5.41, 5.74) is 0.811. The number of hydrogen-bond donors (Lipinski definition) is 0. The van der Waals surface area contributed by atoms with E-state index in [1.807, 2.05) is 6.92 Å². The molecule has 6 heteroatoms. The molecular weight excluding hydrogens is 241 g/mol. The molecule has 72 valence electrons. The maximum absolute atomic E-state index is 5.80. The maximum Gasteiger partial charge on any atom is 0.190 e. The van der Waals surface area contributed by atoms with Gasteiger partial charge in [-0.3, -0.25) is 0 Å². The lowest BCUT2D eigenvalue weighted by Gasteiger charge is -1.97. The van der Waals surface area contributed by atoms with Gasteiger partial charge in [-0.05, 0) is 13.0 Å². The van der Waals surface area contributed by atoms with Crippen molar-refractivity contribution in [2.75, 3.05) is 0 Å². The molecule has 0 aliphatic rings. The number of thiazole rings is 1. The molecular formula is C8H5Cl2N3S. The van der Waals surface area contributed by atoms with E-state index in [0.717, 1.165) is 5.69 Å². The van der Waals surface area contributed by atoms with Gasteiger partial charge in [0.25, 0.3) is 0 Å². The second-order valence-electron chi connectivity index (χ2n) is 2.63. The molecule has 14 heavy (non-hydrogen) atoms. The molecule has 3 nitrogen and oxygen atoms in total. The van der Waals surface area contributed by atoms with Crippen LogP contribution in [0.2, 0.25) is 9.49 Å². The molecule has 0 aliphatic carbocycles. The van der Waals surface area contributed by atoms with Crippen LogP contribution in [0.3, 0.4) is 0 Å². The van der Waals surface area contributed by atoms with E-state index >= 15 is 0 Å². The quantitative estimate of drug-likeness (QED) is 0.725. The number of rotatable bonds is 1. The largest absolute Gasteiger partial charge is 0.240 e. The Bertz CT molecular complexity index is 449. The van der Waals surface area contributed by atoms with E-state index in [1.165, 1.54) is 11.3 Å². The van der Waals surface area contributed by atoms with E-state index in [-0.39, 0.29) is 0 Å². The Labute approximate surface area is 94.8 Å². The van der Waals surface area contributed by atoms with Gasteiger partial charge >= 0.3 is 0 Å². The normalized spacial score (nSPS) is 10.5. The van der Waals surface area contributed by atoms with Crippen LogP contribution in [0.15, 0.2) is 12.3 Å². The number of nitrogens with zero attached hydrogens (tertiary/aromatic N) is 3. The zero-order chi connectivity index (χ0) is 10.1. The second kappa shape index (κ2) is 3.81. The van der Waals surface area contributed by atoms with Crippen LogP contribution in [0, 0.1) is 6.92 Å². The van der Waals surface area contributed by atoms with Crippen LogP contribution in [-0.2, 0) is 0 Å². The molecule has 2 heterocycles. The SMILES string of the molecule is Cc1cc(Cl)nc(-c2ncc(Cl)s2)n1. The van der Waals surface area contributed by atoms with Crippen molar-refractivity contribution in [3.8, 4) is 10.8 Å². The Balaban J connectivity index is 2.51. The van der Waals surface area contributed by atoms with Gasteiger partial charge in [0.05, 0.1) is 6.20 Å². The van der Waals surface area contributed by atoms with Crippen molar-refractivity contribution in [1.29, 1.82) is 0 Å². The fourth-order valence-electron chi connectivity index (χ4n) is 0.984. The van der Waals surface area contributed by atoms with Crippen molar-refractivity contribution in [2.45, 2.75) is 6.92 Å². The van der Waals surface area contributed by atoms with Crippen molar-refractivity contribution in [3.05, 3.63) is 27.4 Å². The summed E-state index contributed by atoms with van der Waals surface area (Å²) < 4.78 is 0.612. The third kappa shape index (κ3) is 2.03. The van der Waals surface area contributed by atoms with Crippen LogP contribution in [-0.4, -0.2) is 15.0 Å². The highest BCUT2D eigenvalue weighted by atomic mass is 35.5. The van der Waals surface area contributed by atoms with Crippen molar-refractivity contribution >= 4 is 34.5 Å². The lowest BCUT2D eigenvalue weighted by Crippen LogP contribution is -1.91. The van der Waals surface area contributed by atoms with Gasteiger partial charge in [0.1, 0.15) is 9.49 Å². The molecule has 0 N–H and O–H groups in total. The summed E-state index contributed by atoms with van der Waals surface area (Å²) in [5.74, 6) is 0.520. The molecule has 0 aliphatic heterocycles. The molecule has 0 radical (unpaired) electrons. The molecule has 2 rings (SSSR count). The van der Waals surface area contributed by atoms with Gasteiger partial charge < -0.3 is 0 Å². The molecule has 0 amide bonds. The standard InChI is InChI=1S/C8H5Cl2N3S/c1-4-2-5(9)13-7(12-4)8-11-3-6(10)14-8/h2-3H,1H3. The van der Waals surface area contributed by atoms with E-state index in [2.05, 4.69) is 15.0 Å². The zero-order valence-electron chi connectivity index (χ0n) is 7.16. The number of hydrogen-bond acceptors (Lipinski definition) is 4. The smallest absolute Gasteiger partial charge is 0.190 e. The molecule has 0 saturated carbocycles. The first-order chi connectivity index (χ1) is 6.65. The highest BCUT2D eigenvalue weighted by molar-refractivity contribution is 7.18. The summed E-state index contributed by atoms with van der Waals surface area (Å²) in [7, 11) is 0. The van der Waals surface area contributed by atoms with Crippen LogP contribution in [0.1, 0.15) is 5.69 Å². The summed E-state index contributed by atoms with van der Waals surface area (Å²) in [4.78, 5) is 12.3. The molecule has 0 fully saturated rings. The molecule has 0 spiro atoms. The maximum atomic E-state index is 5.80. The minimum absolute atomic E-state index is 0.416.